The molecule has 2 N–H and O–H groups in total. The average molecular weight is 229 g/mol. The first kappa shape index (κ1) is 13.1. The summed E-state index contributed by atoms with van der Waals surface area (Å²) in [4.78, 5) is 4.45. The number of nitrogens with one attached hydrogen (secondary N) is 2. The van der Waals surface area contributed by atoms with E-state index in [4.69, 9.17) is 6.42 Å². The van der Waals surface area contributed by atoms with Crippen LogP contribution in [0.25, 0.3) is 0 Å². The first-order chi connectivity index (χ1) is 8.36. The second-order valence-corrected chi connectivity index (χ2v) is 3.55. The summed E-state index contributed by atoms with van der Waals surface area (Å²) < 4.78 is 0. The Labute approximate surface area is 103 Å². The van der Waals surface area contributed by atoms with E-state index in [1.165, 1.54) is 5.56 Å². The topological polar surface area (TPSA) is 36.4 Å². The van der Waals surface area contributed by atoms with Gasteiger partial charge in [0.1, 0.15) is 0 Å². The third kappa shape index (κ3) is 5.62. The summed E-state index contributed by atoms with van der Waals surface area (Å²) in [5.74, 6) is 3.31. The predicted molar refractivity (Wildman–Crippen MR) is 73.0 cm³/mol. The number of hydrogen-bond donors (Lipinski definition) is 2. The first-order valence-corrected chi connectivity index (χ1v) is 5.86. The molecular weight excluding hydrogens is 210 g/mol. The van der Waals surface area contributed by atoms with Gasteiger partial charge in [0.25, 0.3) is 0 Å². The van der Waals surface area contributed by atoms with Crippen LogP contribution < -0.4 is 10.6 Å². The van der Waals surface area contributed by atoms with Crippen LogP contribution in [0.3, 0.4) is 0 Å². The van der Waals surface area contributed by atoms with Crippen LogP contribution >= 0.6 is 0 Å². The number of guanidine groups is 1. The third-order valence-electron chi connectivity index (χ3n) is 2.22. The minimum absolute atomic E-state index is 0.497. The van der Waals surface area contributed by atoms with Crippen LogP contribution in [0.2, 0.25) is 0 Å². The van der Waals surface area contributed by atoms with Gasteiger partial charge in [0.15, 0.2) is 5.96 Å². The summed E-state index contributed by atoms with van der Waals surface area (Å²) in [5, 5.41) is 6.21. The quantitative estimate of drug-likeness (QED) is 0.455. The average Bonchev–Trinajstić information content (AvgIpc) is 2.37. The van der Waals surface area contributed by atoms with Gasteiger partial charge in [-0.3, -0.25) is 4.99 Å². The minimum Gasteiger partial charge on any atom is -0.357 e. The van der Waals surface area contributed by atoms with Crippen molar-refractivity contribution in [3.63, 3.8) is 0 Å². The summed E-state index contributed by atoms with van der Waals surface area (Å²) in [6.07, 6.45) is 6.14. The van der Waals surface area contributed by atoms with Gasteiger partial charge in [-0.2, -0.15) is 0 Å². The fourth-order valence-electron chi connectivity index (χ4n) is 1.42. The molecule has 0 saturated heterocycles. The molecule has 0 saturated carbocycles. The predicted octanol–water partition coefficient (Wildman–Crippen LogP) is 1.42. The Morgan fingerprint density at radius 2 is 2.06 bits per heavy atom. The number of rotatable bonds is 5. The fraction of sp³-hybridized carbons (Fsp3) is 0.357. The second kappa shape index (κ2) is 8.23. The van der Waals surface area contributed by atoms with Gasteiger partial charge in [-0.1, -0.05) is 36.3 Å². The molecule has 0 aliphatic rings. The molecular formula is C14H19N3. The maximum absolute atomic E-state index is 5.20. The van der Waals surface area contributed by atoms with E-state index < -0.39 is 0 Å². The third-order valence-corrected chi connectivity index (χ3v) is 2.22. The Kier molecular flexibility index (Phi) is 6.35. The lowest BCUT2D eigenvalue weighted by Crippen LogP contribution is -2.37. The van der Waals surface area contributed by atoms with E-state index in [0.29, 0.717) is 6.54 Å². The molecule has 1 aromatic carbocycles. The molecule has 0 bridgehead atoms. The van der Waals surface area contributed by atoms with Crippen LogP contribution in [0, 0.1) is 12.3 Å². The van der Waals surface area contributed by atoms with Crippen LogP contribution in [0.15, 0.2) is 35.3 Å². The molecule has 1 rings (SSSR count). The molecule has 0 aliphatic carbocycles. The van der Waals surface area contributed by atoms with E-state index in [1.807, 2.05) is 25.1 Å². The lowest BCUT2D eigenvalue weighted by atomic mass is 10.2. The molecule has 1 aromatic rings. The van der Waals surface area contributed by atoms with E-state index in [2.05, 4.69) is 33.7 Å². The molecule has 0 aromatic heterocycles. The van der Waals surface area contributed by atoms with Crippen LogP contribution in [0.4, 0.5) is 0 Å². The smallest absolute Gasteiger partial charge is 0.192 e. The van der Waals surface area contributed by atoms with Gasteiger partial charge in [0, 0.05) is 13.1 Å². The lowest BCUT2D eigenvalue weighted by Gasteiger charge is -2.08. The zero-order valence-electron chi connectivity index (χ0n) is 10.2. The van der Waals surface area contributed by atoms with Crippen molar-refractivity contribution >= 4 is 5.96 Å². The molecule has 0 atom stereocenters. The van der Waals surface area contributed by atoms with E-state index in [0.717, 1.165) is 25.5 Å². The van der Waals surface area contributed by atoms with Crippen molar-refractivity contribution in [3.8, 4) is 12.3 Å². The largest absolute Gasteiger partial charge is 0.357 e. The second-order valence-electron chi connectivity index (χ2n) is 3.55. The Bertz CT molecular complexity index is 376. The summed E-state index contributed by atoms with van der Waals surface area (Å²) in [5.41, 5.74) is 1.30. The fourth-order valence-corrected chi connectivity index (χ4v) is 1.42. The maximum Gasteiger partial charge on any atom is 0.192 e. The number of terminal acetylenes is 1. The van der Waals surface area contributed by atoms with Crippen molar-refractivity contribution in [2.75, 3.05) is 19.6 Å². The van der Waals surface area contributed by atoms with Crippen LogP contribution in [-0.2, 0) is 6.42 Å². The molecule has 0 heterocycles. The number of hydrogen-bond acceptors (Lipinski definition) is 1. The zero-order valence-corrected chi connectivity index (χ0v) is 10.2. The Hall–Kier alpha value is -1.95. The van der Waals surface area contributed by atoms with E-state index in [1.54, 1.807) is 0 Å². The normalized spacial score (nSPS) is 10.7. The van der Waals surface area contributed by atoms with Gasteiger partial charge >= 0.3 is 0 Å². The highest BCUT2D eigenvalue weighted by Gasteiger charge is 1.95. The highest BCUT2D eigenvalue weighted by atomic mass is 15.2. The van der Waals surface area contributed by atoms with Crippen LogP contribution in [-0.4, -0.2) is 25.6 Å². The molecule has 0 aliphatic heterocycles. The van der Waals surface area contributed by atoms with Gasteiger partial charge in [-0.15, -0.1) is 6.42 Å². The lowest BCUT2D eigenvalue weighted by molar-refractivity contribution is 0.855. The van der Waals surface area contributed by atoms with Crippen molar-refractivity contribution < 1.29 is 0 Å². The number of aliphatic imine (C=N–C) groups is 1. The standard InChI is InChI=1S/C14H19N3/c1-3-11-16-14(15-4-2)17-12-10-13-8-6-5-7-9-13/h1,5-9H,4,10-12H2,2H3,(H2,15,16,17). The molecule has 0 unspecified atom stereocenters. The molecule has 17 heavy (non-hydrogen) atoms. The van der Waals surface area contributed by atoms with Crippen LogP contribution in [0.5, 0.6) is 0 Å². The van der Waals surface area contributed by atoms with Crippen molar-refractivity contribution in [3.05, 3.63) is 35.9 Å². The van der Waals surface area contributed by atoms with E-state index in [-0.39, 0.29) is 0 Å². The zero-order chi connectivity index (χ0) is 12.3. The highest BCUT2D eigenvalue weighted by Crippen LogP contribution is 1.99. The molecule has 3 heteroatoms. The van der Waals surface area contributed by atoms with Gasteiger partial charge in [0.2, 0.25) is 0 Å². The Morgan fingerprint density at radius 3 is 2.71 bits per heavy atom. The van der Waals surface area contributed by atoms with Crippen molar-refractivity contribution in [1.29, 1.82) is 0 Å². The Morgan fingerprint density at radius 1 is 1.29 bits per heavy atom. The minimum atomic E-state index is 0.497. The van der Waals surface area contributed by atoms with Gasteiger partial charge in [-0.25, -0.2) is 0 Å². The van der Waals surface area contributed by atoms with Crippen molar-refractivity contribution in [1.82, 2.24) is 10.6 Å². The van der Waals surface area contributed by atoms with Gasteiger partial charge in [0.05, 0.1) is 6.54 Å². The van der Waals surface area contributed by atoms with Crippen LogP contribution in [0.1, 0.15) is 12.5 Å². The molecule has 0 amide bonds. The molecule has 0 fully saturated rings. The van der Waals surface area contributed by atoms with Crippen molar-refractivity contribution in [2.24, 2.45) is 4.99 Å². The summed E-state index contributed by atoms with van der Waals surface area (Å²) >= 11 is 0. The SMILES string of the molecule is C#CCNC(=NCCc1ccccc1)NCC. The van der Waals surface area contributed by atoms with E-state index in [9.17, 15) is 0 Å². The monoisotopic (exact) mass is 229 g/mol. The van der Waals surface area contributed by atoms with E-state index >= 15 is 0 Å². The molecule has 0 spiro atoms. The number of nitrogens with zero attached hydrogens (tertiary/aromatic N) is 1. The Balaban J connectivity index is 2.41. The molecule has 90 valence electrons. The van der Waals surface area contributed by atoms with Gasteiger partial charge < -0.3 is 10.6 Å². The molecule has 0 radical (unpaired) electrons. The van der Waals surface area contributed by atoms with Crippen molar-refractivity contribution in [2.45, 2.75) is 13.3 Å². The summed E-state index contributed by atoms with van der Waals surface area (Å²) in [7, 11) is 0. The summed E-state index contributed by atoms with van der Waals surface area (Å²) in [6.45, 7) is 4.12. The van der Waals surface area contributed by atoms with Gasteiger partial charge in [-0.05, 0) is 18.9 Å². The first-order valence-electron chi connectivity index (χ1n) is 5.86. The highest BCUT2D eigenvalue weighted by molar-refractivity contribution is 5.79. The molecule has 3 nitrogen and oxygen atoms in total. The summed E-state index contributed by atoms with van der Waals surface area (Å²) in [6, 6.07) is 10.3. The number of benzene rings is 1. The maximum atomic E-state index is 5.20.